The smallest absolute Gasteiger partial charge is 0.309 e. The Balaban J connectivity index is 1.61. The van der Waals surface area contributed by atoms with Crippen LogP contribution in [0.1, 0.15) is 23.2 Å². The molecule has 2 fully saturated rings. The number of nitrogens with one attached hydrogen (secondary N) is 2. The number of urea groups is 1. The SMILES string of the molecule is O=C(NNC(=O)[C@@H]1CCC2CN1C(=O)N2OS(=O)(=O)O)c1ccncc1. The van der Waals surface area contributed by atoms with Gasteiger partial charge in [0.2, 0.25) is 0 Å². The molecule has 4 amide bonds. The van der Waals surface area contributed by atoms with E-state index in [0.29, 0.717) is 5.06 Å². The largest absolute Gasteiger partial charge is 0.418 e. The number of nitrogens with zero attached hydrogens (tertiary/aromatic N) is 3. The van der Waals surface area contributed by atoms with E-state index in [2.05, 4.69) is 20.1 Å². The molecular weight excluding hydrogens is 370 g/mol. The number of hydrogen-bond donors (Lipinski definition) is 3. The normalized spacial score (nSPS) is 22.3. The van der Waals surface area contributed by atoms with Crippen molar-refractivity contribution in [3.05, 3.63) is 30.1 Å². The summed E-state index contributed by atoms with van der Waals surface area (Å²) in [5, 5.41) is 0.540. The zero-order chi connectivity index (χ0) is 18.9. The molecule has 2 atom stereocenters. The highest BCUT2D eigenvalue weighted by atomic mass is 32.3. The van der Waals surface area contributed by atoms with Crippen molar-refractivity contribution in [2.75, 3.05) is 6.54 Å². The van der Waals surface area contributed by atoms with Crippen molar-refractivity contribution >= 4 is 28.2 Å². The summed E-state index contributed by atoms with van der Waals surface area (Å²) >= 11 is 0. The quantitative estimate of drug-likeness (QED) is 0.433. The molecule has 1 aromatic rings. The van der Waals surface area contributed by atoms with E-state index in [4.69, 9.17) is 4.55 Å². The molecular formula is C13H15N5O7S. The fourth-order valence-electron chi connectivity index (χ4n) is 2.88. The van der Waals surface area contributed by atoms with Crippen LogP contribution in [0.2, 0.25) is 0 Å². The van der Waals surface area contributed by atoms with Crippen LogP contribution >= 0.6 is 0 Å². The third-order valence-electron chi connectivity index (χ3n) is 4.04. The molecule has 3 heterocycles. The molecule has 0 aromatic carbocycles. The van der Waals surface area contributed by atoms with Crippen molar-refractivity contribution in [2.45, 2.75) is 24.9 Å². The first-order valence-electron chi connectivity index (χ1n) is 7.53. The number of carbonyl (C=O) groups excluding carboxylic acids is 3. The molecule has 12 nitrogen and oxygen atoms in total. The Morgan fingerprint density at radius 3 is 2.58 bits per heavy atom. The second-order valence-corrected chi connectivity index (χ2v) is 6.69. The number of rotatable bonds is 4. The van der Waals surface area contributed by atoms with Crippen LogP contribution in [-0.4, -0.2) is 64.4 Å². The van der Waals surface area contributed by atoms with Crippen LogP contribution in [0.4, 0.5) is 4.79 Å². The molecule has 2 bridgehead atoms. The molecule has 26 heavy (non-hydrogen) atoms. The Morgan fingerprint density at radius 1 is 1.23 bits per heavy atom. The number of hydrogen-bond acceptors (Lipinski definition) is 7. The lowest BCUT2D eigenvalue weighted by Crippen LogP contribution is -2.54. The lowest BCUT2D eigenvalue weighted by atomic mass is 10.0. The van der Waals surface area contributed by atoms with Crippen molar-refractivity contribution in [1.29, 1.82) is 0 Å². The molecule has 1 unspecified atom stereocenters. The Morgan fingerprint density at radius 2 is 1.92 bits per heavy atom. The highest BCUT2D eigenvalue weighted by Crippen LogP contribution is 2.30. The number of hydroxylamine groups is 2. The molecule has 2 saturated heterocycles. The number of carbonyl (C=O) groups is 3. The molecule has 1 aromatic heterocycles. The zero-order valence-electron chi connectivity index (χ0n) is 13.2. The summed E-state index contributed by atoms with van der Waals surface area (Å²) in [4.78, 5) is 41.3. The minimum atomic E-state index is -4.85. The van der Waals surface area contributed by atoms with Gasteiger partial charge in [-0.2, -0.15) is 13.5 Å². The standard InChI is InChI=1S/C13H15N5O7S/c19-11(8-3-5-14-6-4-8)15-16-12(20)10-2-1-9-7-17(10)13(21)18(9)25-26(22,23)24/h3-6,9-10H,1-2,7H2,(H,15,19)(H,16,20)(H,22,23,24)/t9?,10-/m0/s1. The van der Waals surface area contributed by atoms with E-state index in [0.717, 1.165) is 4.90 Å². The van der Waals surface area contributed by atoms with Gasteiger partial charge in [0.05, 0.1) is 6.04 Å². The van der Waals surface area contributed by atoms with E-state index in [9.17, 15) is 22.8 Å². The molecule has 0 aliphatic carbocycles. The third kappa shape index (κ3) is 3.74. The molecule has 2 aliphatic rings. The van der Waals surface area contributed by atoms with Crippen LogP contribution in [0, 0.1) is 0 Å². The maximum absolute atomic E-state index is 12.3. The van der Waals surface area contributed by atoms with Gasteiger partial charge in [0.25, 0.3) is 11.8 Å². The zero-order valence-corrected chi connectivity index (χ0v) is 14.0. The van der Waals surface area contributed by atoms with Gasteiger partial charge >= 0.3 is 16.4 Å². The van der Waals surface area contributed by atoms with Gasteiger partial charge in [0, 0.05) is 24.5 Å². The maximum Gasteiger partial charge on any atom is 0.418 e. The lowest BCUT2D eigenvalue weighted by molar-refractivity contribution is -0.126. The predicted octanol–water partition coefficient (Wildman–Crippen LogP) is -1.15. The van der Waals surface area contributed by atoms with Gasteiger partial charge < -0.3 is 4.90 Å². The van der Waals surface area contributed by atoms with Crippen molar-refractivity contribution in [3.8, 4) is 0 Å². The van der Waals surface area contributed by atoms with E-state index in [-0.39, 0.29) is 24.9 Å². The first-order valence-corrected chi connectivity index (χ1v) is 8.90. The Hall–Kier alpha value is -2.77. The Labute approximate surface area is 148 Å². The highest BCUT2D eigenvalue weighted by molar-refractivity contribution is 7.80. The lowest BCUT2D eigenvalue weighted by Gasteiger charge is -2.29. The summed E-state index contributed by atoms with van der Waals surface area (Å²) < 4.78 is 34.7. The van der Waals surface area contributed by atoms with Crippen molar-refractivity contribution < 1.29 is 31.6 Å². The summed E-state index contributed by atoms with van der Waals surface area (Å²) in [5.74, 6) is -1.19. The van der Waals surface area contributed by atoms with Crippen LogP contribution in [0.15, 0.2) is 24.5 Å². The second kappa shape index (κ2) is 6.86. The number of piperidine rings is 1. The Bertz CT molecular complexity index is 831. The first kappa shape index (κ1) is 18.0. The number of hydrazine groups is 1. The van der Waals surface area contributed by atoms with E-state index in [1.54, 1.807) is 0 Å². The van der Waals surface area contributed by atoms with Crippen molar-refractivity contribution in [3.63, 3.8) is 0 Å². The van der Waals surface area contributed by atoms with Crippen molar-refractivity contribution in [1.82, 2.24) is 25.8 Å². The van der Waals surface area contributed by atoms with Crippen LogP contribution in [0.5, 0.6) is 0 Å². The summed E-state index contributed by atoms with van der Waals surface area (Å²) in [6.07, 6.45) is 3.36. The molecule has 2 aliphatic heterocycles. The Kier molecular flexibility index (Phi) is 4.76. The van der Waals surface area contributed by atoms with Crippen molar-refractivity contribution in [2.24, 2.45) is 0 Å². The summed E-state index contributed by atoms with van der Waals surface area (Å²) in [7, 11) is -4.85. The highest BCUT2D eigenvalue weighted by Gasteiger charge is 2.49. The average Bonchev–Trinajstić information content (AvgIpc) is 2.84. The van der Waals surface area contributed by atoms with E-state index in [1.807, 2.05) is 0 Å². The van der Waals surface area contributed by atoms with Gasteiger partial charge in [-0.1, -0.05) is 0 Å². The molecule has 0 spiro atoms. The molecule has 0 radical (unpaired) electrons. The number of amides is 4. The topological polar surface area (TPSA) is 158 Å². The fourth-order valence-corrected chi connectivity index (χ4v) is 3.27. The second-order valence-electron chi connectivity index (χ2n) is 5.69. The van der Waals surface area contributed by atoms with Gasteiger partial charge in [0.15, 0.2) is 0 Å². The predicted molar refractivity (Wildman–Crippen MR) is 83.2 cm³/mol. The van der Waals surface area contributed by atoms with Crippen LogP contribution < -0.4 is 10.9 Å². The summed E-state index contributed by atoms with van der Waals surface area (Å²) in [5.41, 5.74) is 4.76. The van der Waals surface area contributed by atoms with Gasteiger partial charge in [-0.25, -0.2) is 4.79 Å². The number of pyridine rings is 1. The number of fused-ring (bicyclic) bond motifs is 2. The van der Waals surface area contributed by atoms with Gasteiger partial charge in [-0.05, 0) is 25.0 Å². The van der Waals surface area contributed by atoms with E-state index >= 15 is 0 Å². The molecule has 3 rings (SSSR count). The van der Waals surface area contributed by atoms with Gasteiger partial charge in [-0.15, -0.1) is 4.28 Å². The maximum atomic E-state index is 12.3. The fraction of sp³-hybridized carbons (Fsp3) is 0.385. The monoisotopic (exact) mass is 385 g/mol. The van der Waals surface area contributed by atoms with Crippen LogP contribution in [0.3, 0.4) is 0 Å². The van der Waals surface area contributed by atoms with E-state index in [1.165, 1.54) is 24.5 Å². The molecule has 13 heteroatoms. The average molecular weight is 385 g/mol. The third-order valence-corrected chi connectivity index (χ3v) is 4.39. The minimum Gasteiger partial charge on any atom is -0.309 e. The first-order chi connectivity index (χ1) is 12.3. The molecule has 3 N–H and O–H groups in total. The number of aromatic nitrogens is 1. The summed E-state index contributed by atoms with van der Waals surface area (Å²) in [6.45, 7) is 0.0603. The molecule has 0 saturated carbocycles. The van der Waals surface area contributed by atoms with Gasteiger partial charge in [0.1, 0.15) is 6.04 Å². The molecule has 140 valence electrons. The van der Waals surface area contributed by atoms with Crippen LogP contribution in [-0.2, 0) is 19.5 Å². The van der Waals surface area contributed by atoms with Gasteiger partial charge in [-0.3, -0.25) is 30.0 Å². The summed E-state index contributed by atoms with van der Waals surface area (Å²) in [6, 6.07) is 0.555. The van der Waals surface area contributed by atoms with Crippen LogP contribution in [0.25, 0.3) is 0 Å². The minimum absolute atomic E-state index is 0.0603. The van der Waals surface area contributed by atoms with E-state index < -0.39 is 40.3 Å².